The molecule has 0 aliphatic carbocycles. The minimum atomic E-state index is 0.460. The quantitative estimate of drug-likeness (QED) is 0.766. The van der Waals surface area contributed by atoms with Gasteiger partial charge in [-0.15, -0.1) is 11.6 Å². The second-order valence-electron chi connectivity index (χ2n) is 2.78. The van der Waals surface area contributed by atoms with Gasteiger partial charge in [-0.3, -0.25) is 0 Å². The number of alkyl halides is 1. The molecule has 0 atom stereocenters. The maximum atomic E-state index is 5.76. The van der Waals surface area contributed by atoms with E-state index in [4.69, 9.17) is 27.9 Å². The lowest BCUT2D eigenvalue weighted by Crippen LogP contribution is -1.81. The number of ether oxygens (including phenoxy) is 1. The van der Waals surface area contributed by atoms with Gasteiger partial charge in [0, 0.05) is 16.1 Å². The summed E-state index contributed by atoms with van der Waals surface area (Å²) >= 11 is 12.9. The van der Waals surface area contributed by atoms with Crippen LogP contribution in [0.5, 0.6) is 10.9 Å². The van der Waals surface area contributed by atoms with Crippen LogP contribution in [-0.4, -0.2) is 4.98 Å². The summed E-state index contributed by atoms with van der Waals surface area (Å²) in [6.07, 6.45) is 1.71. The third-order valence-corrected chi connectivity index (χ3v) is 3.26. The van der Waals surface area contributed by atoms with Crippen molar-refractivity contribution < 1.29 is 4.74 Å². The van der Waals surface area contributed by atoms with E-state index in [9.17, 15) is 0 Å². The van der Waals surface area contributed by atoms with E-state index in [0.29, 0.717) is 16.1 Å². The average Bonchev–Trinajstić information content (AvgIpc) is 2.69. The van der Waals surface area contributed by atoms with Crippen molar-refractivity contribution in [3.63, 3.8) is 0 Å². The molecule has 1 aromatic carbocycles. The van der Waals surface area contributed by atoms with Gasteiger partial charge in [-0.1, -0.05) is 22.9 Å². The summed E-state index contributed by atoms with van der Waals surface area (Å²) in [7, 11) is 0. The Morgan fingerprint density at radius 3 is 2.60 bits per heavy atom. The smallest absolute Gasteiger partial charge is 0.278 e. The van der Waals surface area contributed by atoms with E-state index < -0.39 is 0 Å². The second-order valence-corrected chi connectivity index (χ2v) is 4.56. The van der Waals surface area contributed by atoms with Crippen LogP contribution >= 0.6 is 34.5 Å². The molecule has 0 bridgehead atoms. The Morgan fingerprint density at radius 2 is 2.00 bits per heavy atom. The Kier molecular flexibility index (Phi) is 3.46. The molecule has 0 amide bonds. The van der Waals surface area contributed by atoms with Crippen molar-refractivity contribution in [1.82, 2.24) is 4.98 Å². The number of aromatic nitrogens is 1. The first kappa shape index (κ1) is 10.7. The van der Waals surface area contributed by atoms with Crippen LogP contribution in [0.2, 0.25) is 5.02 Å². The van der Waals surface area contributed by atoms with E-state index in [1.807, 2.05) is 0 Å². The predicted octanol–water partition coefficient (Wildman–Crippen LogP) is 4.33. The van der Waals surface area contributed by atoms with Gasteiger partial charge in [-0.2, -0.15) is 0 Å². The second kappa shape index (κ2) is 4.84. The Bertz CT molecular complexity index is 441. The van der Waals surface area contributed by atoms with E-state index in [2.05, 4.69) is 4.98 Å². The normalized spacial score (nSPS) is 10.3. The number of thiazole rings is 1. The molecule has 0 spiro atoms. The molecule has 2 rings (SSSR count). The van der Waals surface area contributed by atoms with Gasteiger partial charge >= 0.3 is 0 Å². The van der Waals surface area contributed by atoms with Crippen LogP contribution in [0.1, 0.15) is 4.88 Å². The number of hydrogen-bond donors (Lipinski definition) is 0. The van der Waals surface area contributed by atoms with Crippen molar-refractivity contribution >= 4 is 34.5 Å². The zero-order chi connectivity index (χ0) is 10.7. The van der Waals surface area contributed by atoms with E-state index in [1.165, 1.54) is 11.3 Å². The molecular weight excluding hydrogens is 253 g/mol. The highest BCUT2D eigenvalue weighted by molar-refractivity contribution is 7.13. The van der Waals surface area contributed by atoms with E-state index in [0.717, 1.165) is 10.6 Å². The van der Waals surface area contributed by atoms with Crippen molar-refractivity contribution in [3.05, 3.63) is 40.4 Å². The molecule has 0 aliphatic rings. The monoisotopic (exact) mass is 259 g/mol. The van der Waals surface area contributed by atoms with Crippen LogP contribution in [0, 0.1) is 0 Å². The van der Waals surface area contributed by atoms with Crippen molar-refractivity contribution in [2.45, 2.75) is 5.88 Å². The first-order valence-electron chi connectivity index (χ1n) is 4.22. The lowest BCUT2D eigenvalue weighted by molar-refractivity contribution is 0.479. The first-order valence-corrected chi connectivity index (χ1v) is 5.95. The summed E-state index contributed by atoms with van der Waals surface area (Å²) in [5.74, 6) is 1.18. The largest absolute Gasteiger partial charge is 0.431 e. The molecule has 1 heterocycles. The number of nitrogens with zero attached hydrogens (tertiary/aromatic N) is 1. The summed E-state index contributed by atoms with van der Waals surface area (Å²) in [6.45, 7) is 0. The van der Waals surface area contributed by atoms with Crippen LogP contribution in [-0.2, 0) is 5.88 Å². The molecule has 78 valence electrons. The van der Waals surface area contributed by atoms with Gasteiger partial charge in [0.05, 0.1) is 5.88 Å². The lowest BCUT2D eigenvalue weighted by Gasteiger charge is -2.00. The van der Waals surface area contributed by atoms with Gasteiger partial charge in [0.25, 0.3) is 5.19 Å². The summed E-state index contributed by atoms with van der Waals surface area (Å²) in [5.41, 5.74) is 0. The molecule has 0 N–H and O–H groups in total. The highest BCUT2D eigenvalue weighted by Crippen LogP contribution is 2.27. The fourth-order valence-corrected chi connectivity index (χ4v) is 1.99. The summed E-state index contributed by atoms with van der Waals surface area (Å²) in [6, 6.07) is 7.13. The summed E-state index contributed by atoms with van der Waals surface area (Å²) < 4.78 is 5.51. The minimum absolute atomic E-state index is 0.460. The fourth-order valence-electron chi connectivity index (χ4n) is 1.00. The maximum absolute atomic E-state index is 5.76. The molecule has 0 fully saturated rings. The number of halogens is 2. The molecule has 0 saturated heterocycles. The van der Waals surface area contributed by atoms with Gasteiger partial charge in [0.15, 0.2) is 0 Å². The SMILES string of the molecule is ClCc1cnc(Oc2ccc(Cl)cc2)s1. The molecule has 15 heavy (non-hydrogen) atoms. The number of hydrogen-bond acceptors (Lipinski definition) is 3. The molecule has 1 aromatic heterocycles. The van der Waals surface area contributed by atoms with Crippen molar-refractivity contribution in [3.8, 4) is 10.9 Å². The van der Waals surface area contributed by atoms with Crippen LogP contribution in [0.3, 0.4) is 0 Å². The zero-order valence-corrected chi connectivity index (χ0v) is 9.94. The first-order chi connectivity index (χ1) is 7.28. The predicted molar refractivity (Wildman–Crippen MR) is 63.2 cm³/mol. The zero-order valence-electron chi connectivity index (χ0n) is 7.61. The van der Waals surface area contributed by atoms with E-state index in [1.54, 1.807) is 30.5 Å². The van der Waals surface area contributed by atoms with Crippen molar-refractivity contribution in [1.29, 1.82) is 0 Å². The summed E-state index contributed by atoms with van der Waals surface area (Å²) in [4.78, 5) is 5.07. The molecule has 5 heteroatoms. The third kappa shape index (κ3) is 2.84. The van der Waals surface area contributed by atoms with Crippen LogP contribution in [0.15, 0.2) is 30.5 Å². The van der Waals surface area contributed by atoms with Crippen LogP contribution in [0.4, 0.5) is 0 Å². The summed E-state index contributed by atoms with van der Waals surface area (Å²) in [5, 5.41) is 1.27. The van der Waals surface area contributed by atoms with Crippen molar-refractivity contribution in [2.24, 2.45) is 0 Å². The lowest BCUT2D eigenvalue weighted by atomic mass is 10.3. The molecule has 0 saturated carbocycles. The molecule has 0 radical (unpaired) electrons. The molecule has 0 unspecified atom stereocenters. The van der Waals surface area contributed by atoms with E-state index >= 15 is 0 Å². The topological polar surface area (TPSA) is 22.1 Å². The highest BCUT2D eigenvalue weighted by atomic mass is 35.5. The Labute approximate surface area is 101 Å². The Morgan fingerprint density at radius 1 is 1.27 bits per heavy atom. The molecule has 2 aromatic rings. The average molecular weight is 260 g/mol. The van der Waals surface area contributed by atoms with Gasteiger partial charge in [-0.25, -0.2) is 4.98 Å². The fraction of sp³-hybridized carbons (Fsp3) is 0.100. The van der Waals surface area contributed by atoms with Crippen LogP contribution in [0.25, 0.3) is 0 Å². The van der Waals surface area contributed by atoms with Gasteiger partial charge in [0.2, 0.25) is 0 Å². The van der Waals surface area contributed by atoms with Crippen LogP contribution < -0.4 is 4.74 Å². The number of benzene rings is 1. The van der Waals surface area contributed by atoms with Gasteiger partial charge in [-0.05, 0) is 24.3 Å². The van der Waals surface area contributed by atoms with Gasteiger partial charge in [0.1, 0.15) is 5.75 Å². The van der Waals surface area contributed by atoms with Gasteiger partial charge < -0.3 is 4.74 Å². The van der Waals surface area contributed by atoms with E-state index in [-0.39, 0.29) is 0 Å². The molecule has 2 nitrogen and oxygen atoms in total. The number of rotatable bonds is 3. The maximum Gasteiger partial charge on any atom is 0.278 e. The minimum Gasteiger partial charge on any atom is -0.431 e. The molecular formula is C10H7Cl2NOS. The Hall–Kier alpha value is -0.770. The highest BCUT2D eigenvalue weighted by Gasteiger charge is 2.03. The molecule has 0 aliphatic heterocycles. The standard InChI is InChI=1S/C10H7Cl2NOS/c11-5-9-6-13-10(15-9)14-8-3-1-7(12)2-4-8/h1-4,6H,5H2. The third-order valence-electron chi connectivity index (χ3n) is 1.68. The van der Waals surface area contributed by atoms with Crippen molar-refractivity contribution in [2.75, 3.05) is 0 Å². The Balaban J connectivity index is 2.11.